The molecule has 1 unspecified atom stereocenters. The van der Waals surface area contributed by atoms with Gasteiger partial charge in [0.25, 0.3) is 0 Å². The molecule has 1 atom stereocenters. The van der Waals surface area contributed by atoms with Gasteiger partial charge in [-0.2, -0.15) is 0 Å². The quantitative estimate of drug-likeness (QED) is 0.882. The summed E-state index contributed by atoms with van der Waals surface area (Å²) >= 11 is 0. The summed E-state index contributed by atoms with van der Waals surface area (Å²) in [5, 5.41) is 9.87. The highest BCUT2D eigenvalue weighted by Crippen LogP contribution is 2.18. The van der Waals surface area contributed by atoms with E-state index in [-0.39, 0.29) is 6.10 Å². The van der Waals surface area contributed by atoms with Gasteiger partial charge in [0.2, 0.25) is 0 Å². The standard InChI is InChI=1S/C16H26N2O/c1-3-5-16(19)13-17-8-10-18(11-9-17)15-7-4-6-14(2)12-15/h4,6-7,12,16,19H,3,5,8-11,13H2,1-2H3. The summed E-state index contributed by atoms with van der Waals surface area (Å²) in [7, 11) is 0. The van der Waals surface area contributed by atoms with Gasteiger partial charge in [0.1, 0.15) is 0 Å². The van der Waals surface area contributed by atoms with Crippen molar-refractivity contribution in [3.8, 4) is 0 Å². The topological polar surface area (TPSA) is 26.7 Å². The van der Waals surface area contributed by atoms with Crippen LogP contribution in [0.3, 0.4) is 0 Å². The number of aliphatic hydroxyl groups is 1. The van der Waals surface area contributed by atoms with Gasteiger partial charge in [0.05, 0.1) is 6.10 Å². The number of hydrogen-bond acceptors (Lipinski definition) is 3. The molecule has 0 saturated carbocycles. The third-order valence-corrected chi connectivity index (χ3v) is 3.83. The van der Waals surface area contributed by atoms with Crippen LogP contribution in [-0.2, 0) is 0 Å². The highest BCUT2D eigenvalue weighted by molar-refractivity contribution is 5.48. The van der Waals surface area contributed by atoms with E-state index in [0.717, 1.165) is 45.6 Å². The first kappa shape index (κ1) is 14.4. The lowest BCUT2D eigenvalue weighted by Crippen LogP contribution is -2.48. The molecule has 0 aromatic heterocycles. The highest BCUT2D eigenvalue weighted by atomic mass is 16.3. The molecule has 1 fully saturated rings. The van der Waals surface area contributed by atoms with Crippen molar-refractivity contribution in [1.29, 1.82) is 0 Å². The lowest BCUT2D eigenvalue weighted by molar-refractivity contribution is 0.101. The first-order valence-corrected chi connectivity index (χ1v) is 7.41. The molecule has 0 spiro atoms. The molecule has 3 nitrogen and oxygen atoms in total. The molecule has 2 rings (SSSR count). The molecule has 1 saturated heterocycles. The second-order valence-corrected chi connectivity index (χ2v) is 5.57. The van der Waals surface area contributed by atoms with Crippen LogP contribution in [0.15, 0.2) is 24.3 Å². The Hall–Kier alpha value is -1.06. The second-order valence-electron chi connectivity index (χ2n) is 5.57. The largest absolute Gasteiger partial charge is 0.392 e. The summed E-state index contributed by atoms with van der Waals surface area (Å²) in [6.45, 7) is 9.31. The van der Waals surface area contributed by atoms with E-state index in [1.54, 1.807) is 0 Å². The fraction of sp³-hybridized carbons (Fsp3) is 0.625. The minimum atomic E-state index is -0.157. The minimum Gasteiger partial charge on any atom is -0.392 e. The Bertz CT molecular complexity index is 386. The van der Waals surface area contributed by atoms with Gasteiger partial charge in [-0.05, 0) is 31.0 Å². The number of nitrogens with zero attached hydrogens (tertiary/aromatic N) is 2. The molecular formula is C16H26N2O. The molecule has 0 bridgehead atoms. The molecule has 1 heterocycles. The maximum absolute atomic E-state index is 9.87. The number of piperazine rings is 1. The molecular weight excluding hydrogens is 236 g/mol. The lowest BCUT2D eigenvalue weighted by Gasteiger charge is -2.37. The number of aryl methyl sites for hydroxylation is 1. The van der Waals surface area contributed by atoms with Gasteiger partial charge < -0.3 is 10.0 Å². The van der Waals surface area contributed by atoms with E-state index in [0.29, 0.717) is 0 Å². The Morgan fingerprint density at radius 3 is 2.58 bits per heavy atom. The zero-order valence-electron chi connectivity index (χ0n) is 12.2. The Balaban J connectivity index is 1.82. The monoisotopic (exact) mass is 262 g/mol. The van der Waals surface area contributed by atoms with Crippen molar-refractivity contribution < 1.29 is 5.11 Å². The SMILES string of the molecule is CCCC(O)CN1CCN(c2cccc(C)c2)CC1. The molecule has 0 aliphatic carbocycles. The Labute approximate surface area is 116 Å². The minimum absolute atomic E-state index is 0.157. The summed E-state index contributed by atoms with van der Waals surface area (Å²) in [4.78, 5) is 4.82. The van der Waals surface area contributed by atoms with Crippen molar-refractivity contribution in [1.82, 2.24) is 4.90 Å². The normalized spacial score (nSPS) is 18.6. The summed E-state index contributed by atoms with van der Waals surface area (Å²) in [6, 6.07) is 8.71. The van der Waals surface area contributed by atoms with E-state index < -0.39 is 0 Å². The predicted octanol–water partition coefficient (Wildman–Crippen LogP) is 2.28. The third-order valence-electron chi connectivity index (χ3n) is 3.83. The average molecular weight is 262 g/mol. The molecule has 106 valence electrons. The summed E-state index contributed by atoms with van der Waals surface area (Å²) in [6.07, 6.45) is 1.82. The van der Waals surface area contributed by atoms with E-state index in [1.807, 2.05) is 0 Å². The van der Waals surface area contributed by atoms with Crippen LogP contribution in [0.1, 0.15) is 25.3 Å². The van der Waals surface area contributed by atoms with Gasteiger partial charge in [0, 0.05) is 38.4 Å². The number of aliphatic hydroxyl groups excluding tert-OH is 1. The first-order chi connectivity index (χ1) is 9.19. The van der Waals surface area contributed by atoms with Crippen LogP contribution in [0.5, 0.6) is 0 Å². The van der Waals surface area contributed by atoms with Crippen molar-refractivity contribution in [2.24, 2.45) is 0 Å². The van der Waals surface area contributed by atoms with Gasteiger partial charge >= 0.3 is 0 Å². The molecule has 1 aromatic carbocycles. The fourth-order valence-corrected chi connectivity index (χ4v) is 2.74. The molecule has 19 heavy (non-hydrogen) atoms. The molecule has 1 aliphatic rings. The van der Waals surface area contributed by atoms with E-state index in [9.17, 15) is 5.11 Å². The van der Waals surface area contributed by atoms with Crippen LogP contribution in [0, 0.1) is 6.92 Å². The Morgan fingerprint density at radius 1 is 1.21 bits per heavy atom. The zero-order valence-corrected chi connectivity index (χ0v) is 12.2. The fourth-order valence-electron chi connectivity index (χ4n) is 2.74. The van der Waals surface area contributed by atoms with Crippen LogP contribution in [0.4, 0.5) is 5.69 Å². The zero-order chi connectivity index (χ0) is 13.7. The summed E-state index contributed by atoms with van der Waals surface area (Å²) in [5.74, 6) is 0. The molecule has 1 N–H and O–H groups in total. The van der Waals surface area contributed by atoms with Gasteiger partial charge in [-0.15, -0.1) is 0 Å². The average Bonchev–Trinajstić information content (AvgIpc) is 2.40. The third kappa shape index (κ3) is 4.22. The molecule has 0 amide bonds. The van der Waals surface area contributed by atoms with Crippen LogP contribution < -0.4 is 4.90 Å². The maximum Gasteiger partial charge on any atom is 0.0667 e. The van der Waals surface area contributed by atoms with Crippen LogP contribution in [0.25, 0.3) is 0 Å². The van der Waals surface area contributed by atoms with Crippen molar-refractivity contribution in [2.45, 2.75) is 32.8 Å². The van der Waals surface area contributed by atoms with Gasteiger partial charge in [-0.1, -0.05) is 25.5 Å². The van der Waals surface area contributed by atoms with Crippen LogP contribution >= 0.6 is 0 Å². The van der Waals surface area contributed by atoms with E-state index in [1.165, 1.54) is 11.3 Å². The maximum atomic E-state index is 9.87. The number of rotatable bonds is 5. The molecule has 3 heteroatoms. The first-order valence-electron chi connectivity index (χ1n) is 7.41. The number of hydrogen-bond donors (Lipinski definition) is 1. The lowest BCUT2D eigenvalue weighted by atomic mass is 10.1. The summed E-state index contributed by atoms with van der Waals surface area (Å²) in [5.41, 5.74) is 2.65. The Kier molecular flexibility index (Phi) is 5.23. The smallest absolute Gasteiger partial charge is 0.0667 e. The number of benzene rings is 1. The van der Waals surface area contributed by atoms with Crippen LogP contribution in [-0.4, -0.2) is 48.8 Å². The molecule has 0 radical (unpaired) electrons. The van der Waals surface area contributed by atoms with Crippen molar-refractivity contribution in [3.05, 3.63) is 29.8 Å². The second kappa shape index (κ2) is 6.92. The van der Waals surface area contributed by atoms with Crippen molar-refractivity contribution in [2.75, 3.05) is 37.6 Å². The van der Waals surface area contributed by atoms with Gasteiger partial charge in [-0.3, -0.25) is 4.90 Å². The van der Waals surface area contributed by atoms with Gasteiger partial charge in [0.15, 0.2) is 0 Å². The molecule has 1 aromatic rings. The number of anilines is 1. The predicted molar refractivity (Wildman–Crippen MR) is 80.7 cm³/mol. The van der Waals surface area contributed by atoms with Crippen molar-refractivity contribution >= 4 is 5.69 Å². The van der Waals surface area contributed by atoms with Crippen LogP contribution in [0.2, 0.25) is 0 Å². The molecule has 1 aliphatic heterocycles. The summed E-state index contributed by atoms with van der Waals surface area (Å²) < 4.78 is 0. The van der Waals surface area contributed by atoms with Gasteiger partial charge in [-0.25, -0.2) is 0 Å². The van der Waals surface area contributed by atoms with E-state index in [4.69, 9.17) is 0 Å². The van der Waals surface area contributed by atoms with Crippen molar-refractivity contribution in [3.63, 3.8) is 0 Å². The highest BCUT2D eigenvalue weighted by Gasteiger charge is 2.19. The number of β-amino-alcohol motifs (C(OH)–C–C–N with tert-alkyl or cyclic N) is 1. The van der Waals surface area contributed by atoms with E-state index in [2.05, 4.69) is 47.9 Å². The van der Waals surface area contributed by atoms with E-state index >= 15 is 0 Å². The Morgan fingerprint density at radius 2 is 1.95 bits per heavy atom.